The van der Waals surface area contributed by atoms with E-state index in [1.54, 1.807) is 13.8 Å². The molecule has 0 aromatic rings. The van der Waals surface area contributed by atoms with Gasteiger partial charge in [0.05, 0.1) is 0 Å². The summed E-state index contributed by atoms with van der Waals surface area (Å²) >= 11 is 0. The molecule has 3 fully saturated rings. The lowest BCUT2D eigenvalue weighted by Gasteiger charge is -2.44. The van der Waals surface area contributed by atoms with Crippen molar-refractivity contribution < 1.29 is 19.1 Å². The van der Waals surface area contributed by atoms with Crippen molar-refractivity contribution in [3.63, 3.8) is 0 Å². The summed E-state index contributed by atoms with van der Waals surface area (Å²) < 4.78 is 11.0. The molecule has 4 atom stereocenters. The van der Waals surface area contributed by atoms with Crippen molar-refractivity contribution in [3.8, 4) is 0 Å². The van der Waals surface area contributed by atoms with Gasteiger partial charge in [0.1, 0.15) is 0 Å². The zero-order valence-corrected chi connectivity index (χ0v) is 15.6. The molecular weight excluding hydrogens is 304 g/mol. The quantitative estimate of drug-likeness (QED) is 0.384. The number of carbonyl (C=O) groups excluding carboxylic acids is 2. The number of ether oxygens (including phenoxy) is 2. The molecule has 4 rings (SSSR count). The van der Waals surface area contributed by atoms with E-state index in [0.29, 0.717) is 30.1 Å². The molecule has 1 saturated heterocycles. The summed E-state index contributed by atoms with van der Waals surface area (Å²) in [6.45, 7) is 12.2. The highest BCUT2D eigenvalue weighted by molar-refractivity contribution is 6.06. The Balaban J connectivity index is 1.84. The Morgan fingerprint density at radius 3 is 2.21 bits per heavy atom. The van der Waals surface area contributed by atoms with Crippen LogP contribution >= 0.6 is 0 Å². The van der Waals surface area contributed by atoms with Crippen LogP contribution in [0.25, 0.3) is 0 Å². The van der Waals surface area contributed by atoms with Crippen LogP contribution in [-0.2, 0) is 19.1 Å². The van der Waals surface area contributed by atoms with Gasteiger partial charge in [0.25, 0.3) is 5.79 Å². The van der Waals surface area contributed by atoms with Crippen LogP contribution in [0.5, 0.6) is 0 Å². The van der Waals surface area contributed by atoms with Gasteiger partial charge in [-0.1, -0.05) is 26.3 Å². The minimum atomic E-state index is -1.19. The Labute approximate surface area is 144 Å². The maximum absolute atomic E-state index is 12.9. The standard InChI is InChI=1S/C20H28O4/c1-10-12-7-8-18(3,4)15(10)14-11(2)20(9-13(12)14)16(21)23-19(5,6)24-17(20)22/h10,12-13,15H,7-9H2,1-6H3/t10?,12-,13+,15+/m0/s1. The van der Waals surface area contributed by atoms with Gasteiger partial charge in [-0.05, 0) is 60.8 Å². The molecule has 2 bridgehead atoms. The average Bonchev–Trinajstić information content (AvgIpc) is 2.82. The molecule has 0 amide bonds. The predicted molar refractivity (Wildman–Crippen MR) is 88.7 cm³/mol. The van der Waals surface area contributed by atoms with E-state index in [0.717, 1.165) is 5.57 Å². The number of hydrogen-bond acceptors (Lipinski definition) is 4. The molecule has 132 valence electrons. The highest BCUT2D eigenvalue weighted by Gasteiger charge is 2.67. The third kappa shape index (κ3) is 1.75. The number of hydrogen-bond donors (Lipinski definition) is 0. The van der Waals surface area contributed by atoms with E-state index < -0.39 is 23.1 Å². The molecule has 24 heavy (non-hydrogen) atoms. The number of cyclic esters (lactones) is 2. The molecular formula is C20H28O4. The van der Waals surface area contributed by atoms with E-state index in [9.17, 15) is 9.59 Å². The number of esters is 2. The lowest BCUT2D eigenvalue weighted by Crippen LogP contribution is -2.54. The fourth-order valence-corrected chi connectivity index (χ4v) is 6.35. The molecule has 3 aliphatic carbocycles. The monoisotopic (exact) mass is 332 g/mol. The van der Waals surface area contributed by atoms with Crippen LogP contribution in [0.3, 0.4) is 0 Å². The topological polar surface area (TPSA) is 52.6 Å². The molecule has 1 aliphatic heterocycles. The molecule has 4 nitrogen and oxygen atoms in total. The van der Waals surface area contributed by atoms with Crippen LogP contribution in [0, 0.1) is 34.5 Å². The SMILES string of the molecule is CC1=C2[C@H](CC13C(=O)OC(C)(C)OC3=O)[C@H]1CCC(C)(C)[C@@H]2C1C. The number of fused-ring (bicyclic) bond motifs is 5. The van der Waals surface area contributed by atoms with Gasteiger partial charge in [0, 0.05) is 13.8 Å². The van der Waals surface area contributed by atoms with Gasteiger partial charge in [-0.15, -0.1) is 0 Å². The summed E-state index contributed by atoms with van der Waals surface area (Å²) in [5, 5.41) is 0. The first kappa shape index (κ1) is 16.2. The summed E-state index contributed by atoms with van der Waals surface area (Å²) in [6, 6.07) is 0. The molecule has 0 radical (unpaired) electrons. The highest BCUT2D eigenvalue weighted by atomic mass is 16.7. The maximum atomic E-state index is 12.9. The zero-order valence-electron chi connectivity index (χ0n) is 15.6. The minimum absolute atomic E-state index is 0.217. The summed E-state index contributed by atoms with van der Waals surface area (Å²) in [6.07, 6.45) is 2.94. The van der Waals surface area contributed by atoms with Gasteiger partial charge in [-0.25, -0.2) is 0 Å². The third-order valence-corrected chi connectivity index (χ3v) is 7.39. The number of carbonyl (C=O) groups is 2. The van der Waals surface area contributed by atoms with Crippen LogP contribution in [0.4, 0.5) is 0 Å². The van der Waals surface area contributed by atoms with Crippen molar-refractivity contribution >= 4 is 11.9 Å². The van der Waals surface area contributed by atoms with Gasteiger partial charge in [-0.2, -0.15) is 0 Å². The molecule has 0 aromatic heterocycles. The van der Waals surface area contributed by atoms with Crippen molar-refractivity contribution in [3.05, 3.63) is 11.1 Å². The van der Waals surface area contributed by atoms with Crippen molar-refractivity contribution in [2.45, 2.75) is 66.6 Å². The van der Waals surface area contributed by atoms with Crippen LogP contribution in [0.1, 0.15) is 60.8 Å². The first-order valence-corrected chi connectivity index (χ1v) is 9.19. The Bertz CT molecular complexity index is 649. The van der Waals surface area contributed by atoms with E-state index in [1.165, 1.54) is 18.4 Å². The van der Waals surface area contributed by atoms with Crippen LogP contribution in [-0.4, -0.2) is 17.7 Å². The largest absolute Gasteiger partial charge is 0.422 e. The van der Waals surface area contributed by atoms with Gasteiger partial charge >= 0.3 is 11.9 Å². The second kappa shape index (κ2) is 4.44. The van der Waals surface area contributed by atoms with E-state index in [-0.39, 0.29) is 5.41 Å². The summed E-state index contributed by atoms with van der Waals surface area (Å²) in [4.78, 5) is 25.8. The van der Waals surface area contributed by atoms with Gasteiger partial charge in [0.15, 0.2) is 5.41 Å². The molecule has 1 unspecified atom stereocenters. The van der Waals surface area contributed by atoms with E-state index in [1.807, 2.05) is 6.92 Å². The van der Waals surface area contributed by atoms with Crippen molar-refractivity contribution in [2.24, 2.45) is 34.5 Å². The van der Waals surface area contributed by atoms with Crippen LogP contribution < -0.4 is 0 Å². The minimum Gasteiger partial charge on any atom is -0.422 e. The van der Waals surface area contributed by atoms with Crippen molar-refractivity contribution in [2.75, 3.05) is 0 Å². The molecule has 0 N–H and O–H groups in total. The van der Waals surface area contributed by atoms with Gasteiger partial charge < -0.3 is 9.47 Å². The molecule has 2 saturated carbocycles. The van der Waals surface area contributed by atoms with E-state index >= 15 is 0 Å². The van der Waals surface area contributed by atoms with Crippen molar-refractivity contribution in [1.29, 1.82) is 0 Å². The Hall–Kier alpha value is -1.32. The van der Waals surface area contributed by atoms with E-state index in [4.69, 9.17) is 9.47 Å². The van der Waals surface area contributed by atoms with Crippen LogP contribution in [0.2, 0.25) is 0 Å². The summed E-state index contributed by atoms with van der Waals surface area (Å²) in [7, 11) is 0. The zero-order chi connectivity index (χ0) is 17.7. The smallest absolute Gasteiger partial charge is 0.331 e. The normalized spacial score (nSPS) is 41.2. The molecule has 4 aliphatic rings. The third-order valence-electron chi connectivity index (χ3n) is 7.39. The summed E-state index contributed by atoms with van der Waals surface area (Å²) in [5.41, 5.74) is 1.31. The average molecular weight is 332 g/mol. The fourth-order valence-electron chi connectivity index (χ4n) is 6.35. The summed E-state index contributed by atoms with van der Waals surface area (Å²) in [5.74, 6) is -0.0107. The highest BCUT2D eigenvalue weighted by Crippen LogP contribution is 2.68. The second-order valence-corrected chi connectivity index (χ2v) is 9.50. The lowest BCUT2D eigenvalue weighted by atomic mass is 9.62. The molecule has 1 spiro atoms. The fraction of sp³-hybridized carbons (Fsp3) is 0.800. The predicted octanol–water partition coefficient (Wildman–Crippen LogP) is 3.85. The number of rotatable bonds is 0. The second-order valence-electron chi connectivity index (χ2n) is 9.50. The molecule has 1 heterocycles. The Kier molecular flexibility index (Phi) is 2.99. The lowest BCUT2D eigenvalue weighted by molar-refractivity contribution is -0.248. The Morgan fingerprint density at radius 2 is 1.62 bits per heavy atom. The first-order valence-electron chi connectivity index (χ1n) is 9.19. The molecule has 4 heteroatoms. The maximum Gasteiger partial charge on any atom is 0.331 e. The van der Waals surface area contributed by atoms with E-state index in [2.05, 4.69) is 20.8 Å². The molecule has 0 aromatic carbocycles. The number of allylic oxidation sites excluding steroid dienone is 1. The Morgan fingerprint density at radius 1 is 1.04 bits per heavy atom. The first-order chi connectivity index (χ1) is 11.0. The van der Waals surface area contributed by atoms with Gasteiger partial charge in [-0.3, -0.25) is 9.59 Å². The van der Waals surface area contributed by atoms with Crippen molar-refractivity contribution in [1.82, 2.24) is 0 Å². The van der Waals surface area contributed by atoms with Crippen LogP contribution in [0.15, 0.2) is 11.1 Å². The van der Waals surface area contributed by atoms with Gasteiger partial charge in [0.2, 0.25) is 0 Å².